The molecule has 0 radical (unpaired) electrons. The number of fused-ring (bicyclic) bond motifs is 1. The van der Waals surface area contributed by atoms with Gasteiger partial charge in [0.25, 0.3) is 0 Å². The van der Waals surface area contributed by atoms with Gasteiger partial charge >= 0.3 is 0 Å². The van der Waals surface area contributed by atoms with E-state index < -0.39 is 20.0 Å². The minimum Gasteiger partial charge on any atom is -0.241 e. The molecule has 0 aliphatic carbocycles. The van der Waals surface area contributed by atoms with E-state index in [4.69, 9.17) is 4.98 Å². The molecule has 2 aliphatic rings. The van der Waals surface area contributed by atoms with E-state index in [1.54, 1.807) is 11.3 Å². The second-order valence-electron chi connectivity index (χ2n) is 9.13. The maximum atomic E-state index is 13.2. The monoisotopic (exact) mass is 519 g/mol. The number of aromatic nitrogens is 1. The van der Waals surface area contributed by atoms with Gasteiger partial charge in [0.05, 0.1) is 25.0 Å². The molecule has 3 heterocycles. The van der Waals surface area contributed by atoms with Crippen LogP contribution in [0.4, 0.5) is 0 Å². The lowest BCUT2D eigenvalue weighted by molar-refractivity contribution is 0.268. The molecular formula is C24H29N3O4S3. The summed E-state index contributed by atoms with van der Waals surface area (Å²) in [4.78, 5) is 5.03. The number of para-hydroxylation sites is 1. The van der Waals surface area contributed by atoms with E-state index in [1.807, 2.05) is 25.1 Å². The van der Waals surface area contributed by atoms with Gasteiger partial charge in [0.2, 0.25) is 20.0 Å². The molecule has 0 unspecified atom stereocenters. The molecular weight excluding hydrogens is 490 g/mol. The topological polar surface area (TPSA) is 87.7 Å². The number of benzene rings is 2. The minimum atomic E-state index is -3.68. The van der Waals surface area contributed by atoms with E-state index in [0.29, 0.717) is 19.6 Å². The molecule has 182 valence electrons. The molecule has 2 fully saturated rings. The summed E-state index contributed by atoms with van der Waals surface area (Å²) in [5.74, 6) is 0.253. The Hall–Kier alpha value is -1.85. The van der Waals surface area contributed by atoms with Crippen molar-refractivity contribution in [1.29, 1.82) is 0 Å². The van der Waals surface area contributed by atoms with Gasteiger partial charge in [-0.05, 0) is 69.0 Å². The molecule has 5 rings (SSSR count). The molecule has 0 saturated carbocycles. The largest absolute Gasteiger partial charge is 0.243 e. The SMILES string of the molecule is C[C@H]1CCCCN1S(=O)(=O)c1ccc(S(=O)(=O)N2CCC(c3nc4ccccc4s3)CC2)cc1. The summed E-state index contributed by atoms with van der Waals surface area (Å²) in [7, 11) is -7.31. The second-order valence-corrected chi connectivity index (χ2v) is 14.0. The maximum absolute atomic E-state index is 13.2. The summed E-state index contributed by atoms with van der Waals surface area (Å²) in [6, 6.07) is 13.7. The average Bonchev–Trinajstić information content (AvgIpc) is 3.29. The molecule has 1 aromatic heterocycles. The van der Waals surface area contributed by atoms with Crippen molar-refractivity contribution < 1.29 is 16.8 Å². The van der Waals surface area contributed by atoms with Crippen molar-refractivity contribution in [2.75, 3.05) is 19.6 Å². The Kier molecular flexibility index (Phi) is 6.54. The summed E-state index contributed by atoms with van der Waals surface area (Å²) in [6.45, 7) is 3.28. The zero-order chi connectivity index (χ0) is 23.9. The standard InChI is InChI=1S/C24H29N3O4S3/c1-18-6-4-5-15-27(18)34(30,31)21-11-9-20(10-12-21)33(28,29)26-16-13-19(14-17-26)24-25-22-7-2-3-8-23(22)32-24/h2-3,7-12,18-19H,4-6,13-17H2,1H3/t18-/m0/s1. The van der Waals surface area contributed by atoms with Gasteiger partial charge in [0.1, 0.15) is 0 Å². The molecule has 2 aromatic carbocycles. The molecule has 34 heavy (non-hydrogen) atoms. The van der Waals surface area contributed by atoms with Gasteiger partial charge in [0, 0.05) is 31.6 Å². The van der Waals surface area contributed by atoms with Crippen LogP contribution in [0.25, 0.3) is 10.2 Å². The molecule has 7 nitrogen and oxygen atoms in total. The van der Waals surface area contributed by atoms with Crippen LogP contribution in [0.5, 0.6) is 0 Å². The third kappa shape index (κ3) is 4.42. The molecule has 0 N–H and O–H groups in total. The Bertz CT molecular complexity index is 1340. The Balaban J connectivity index is 1.28. The van der Waals surface area contributed by atoms with Crippen molar-refractivity contribution in [3.8, 4) is 0 Å². The van der Waals surface area contributed by atoms with E-state index in [1.165, 1.54) is 32.9 Å². The first-order valence-corrected chi connectivity index (χ1v) is 15.4. The van der Waals surface area contributed by atoms with Crippen LogP contribution in [0.3, 0.4) is 0 Å². The van der Waals surface area contributed by atoms with Crippen LogP contribution in [0.1, 0.15) is 50.0 Å². The zero-order valence-electron chi connectivity index (χ0n) is 19.1. The molecule has 2 aliphatic heterocycles. The Labute approximate surface area is 205 Å². The smallest absolute Gasteiger partial charge is 0.241 e. The second kappa shape index (κ2) is 9.31. The van der Waals surface area contributed by atoms with Gasteiger partial charge in [-0.25, -0.2) is 21.8 Å². The number of nitrogens with zero attached hydrogens (tertiary/aromatic N) is 3. The molecule has 3 aromatic rings. The summed E-state index contributed by atoms with van der Waals surface area (Å²) < 4.78 is 56.8. The quantitative estimate of drug-likeness (QED) is 0.498. The van der Waals surface area contributed by atoms with Gasteiger partial charge in [-0.15, -0.1) is 11.3 Å². The van der Waals surface area contributed by atoms with E-state index in [2.05, 4.69) is 6.07 Å². The number of thiazole rings is 1. The van der Waals surface area contributed by atoms with E-state index in [9.17, 15) is 16.8 Å². The van der Waals surface area contributed by atoms with E-state index in [0.717, 1.165) is 47.3 Å². The fraction of sp³-hybridized carbons (Fsp3) is 0.458. The first-order chi connectivity index (χ1) is 16.3. The van der Waals surface area contributed by atoms with Crippen molar-refractivity contribution in [2.24, 2.45) is 0 Å². The van der Waals surface area contributed by atoms with E-state index >= 15 is 0 Å². The van der Waals surface area contributed by atoms with Crippen molar-refractivity contribution in [3.63, 3.8) is 0 Å². The van der Waals surface area contributed by atoms with Crippen molar-refractivity contribution in [2.45, 2.75) is 60.8 Å². The summed E-state index contributed by atoms with van der Waals surface area (Å²) in [5, 5.41) is 1.07. The highest BCUT2D eigenvalue weighted by atomic mass is 32.2. The summed E-state index contributed by atoms with van der Waals surface area (Å²) in [6.07, 6.45) is 4.17. The van der Waals surface area contributed by atoms with Crippen LogP contribution in [-0.4, -0.2) is 56.1 Å². The van der Waals surface area contributed by atoms with Crippen LogP contribution >= 0.6 is 11.3 Å². The Morgan fingerprint density at radius 3 is 2.12 bits per heavy atom. The fourth-order valence-corrected chi connectivity index (χ4v) is 9.21. The lowest BCUT2D eigenvalue weighted by Gasteiger charge is -2.32. The van der Waals surface area contributed by atoms with Crippen LogP contribution < -0.4 is 0 Å². The highest BCUT2D eigenvalue weighted by molar-refractivity contribution is 7.89. The number of hydrogen-bond acceptors (Lipinski definition) is 6. The lowest BCUT2D eigenvalue weighted by Crippen LogP contribution is -2.41. The van der Waals surface area contributed by atoms with Crippen LogP contribution in [0, 0.1) is 0 Å². The third-order valence-corrected chi connectivity index (χ3v) is 12.1. The predicted molar refractivity (Wildman–Crippen MR) is 134 cm³/mol. The van der Waals surface area contributed by atoms with Gasteiger partial charge < -0.3 is 0 Å². The first kappa shape index (κ1) is 23.9. The third-order valence-electron chi connectivity index (χ3n) is 6.92. The van der Waals surface area contributed by atoms with Crippen LogP contribution in [0.2, 0.25) is 0 Å². The number of hydrogen-bond donors (Lipinski definition) is 0. The van der Waals surface area contributed by atoms with Crippen molar-refractivity contribution in [1.82, 2.24) is 13.6 Å². The normalized spacial score (nSPS) is 21.7. The number of sulfonamides is 2. The van der Waals surface area contributed by atoms with Crippen LogP contribution in [0.15, 0.2) is 58.3 Å². The highest BCUT2D eigenvalue weighted by Crippen LogP contribution is 2.35. The van der Waals surface area contributed by atoms with Crippen molar-refractivity contribution in [3.05, 3.63) is 53.5 Å². The molecule has 2 saturated heterocycles. The molecule has 1 atom stereocenters. The summed E-state index contributed by atoms with van der Waals surface area (Å²) >= 11 is 1.68. The molecule has 0 spiro atoms. The molecule has 0 amide bonds. The van der Waals surface area contributed by atoms with Gasteiger partial charge in [-0.2, -0.15) is 8.61 Å². The van der Waals surface area contributed by atoms with Gasteiger partial charge in [0.15, 0.2) is 0 Å². The first-order valence-electron chi connectivity index (χ1n) is 11.7. The van der Waals surface area contributed by atoms with Crippen LogP contribution in [-0.2, 0) is 20.0 Å². The minimum absolute atomic E-state index is 0.0427. The van der Waals surface area contributed by atoms with Gasteiger partial charge in [-0.1, -0.05) is 18.6 Å². The predicted octanol–water partition coefficient (Wildman–Crippen LogP) is 4.43. The highest BCUT2D eigenvalue weighted by Gasteiger charge is 2.33. The number of piperidine rings is 2. The average molecular weight is 520 g/mol. The Morgan fingerprint density at radius 1 is 0.824 bits per heavy atom. The molecule has 0 bridgehead atoms. The lowest BCUT2D eigenvalue weighted by atomic mass is 9.99. The Morgan fingerprint density at radius 2 is 1.47 bits per heavy atom. The van der Waals surface area contributed by atoms with Gasteiger partial charge in [-0.3, -0.25) is 0 Å². The zero-order valence-corrected chi connectivity index (χ0v) is 21.6. The number of rotatable bonds is 5. The maximum Gasteiger partial charge on any atom is 0.243 e. The fourth-order valence-electron chi connectivity index (χ4n) is 4.90. The van der Waals surface area contributed by atoms with E-state index in [-0.39, 0.29) is 21.8 Å². The summed E-state index contributed by atoms with van der Waals surface area (Å²) in [5.41, 5.74) is 0.992. The molecule has 10 heteroatoms. The van der Waals surface area contributed by atoms with Crippen molar-refractivity contribution >= 4 is 41.6 Å².